The molecule has 0 aliphatic carbocycles. The van der Waals surface area contributed by atoms with Crippen molar-refractivity contribution in [1.82, 2.24) is 20.2 Å². The molecule has 0 radical (unpaired) electrons. The number of ketones is 1. The van der Waals surface area contributed by atoms with Crippen LogP contribution in [0.2, 0.25) is 0 Å². The molecule has 0 spiro atoms. The van der Waals surface area contributed by atoms with Crippen molar-refractivity contribution >= 4 is 17.5 Å². The first-order valence-corrected chi connectivity index (χ1v) is 9.49. The molecule has 1 aromatic heterocycles. The van der Waals surface area contributed by atoms with Crippen molar-refractivity contribution in [3.63, 3.8) is 0 Å². The first kappa shape index (κ1) is 17.9. The predicted molar refractivity (Wildman–Crippen MR) is 107 cm³/mol. The minimum Gasteiger partial charge on any atom is -0.508 e. The standard InChI is InChI=1S/C21H16N4O2S/c26-18-13-11-17(12-14-18)25-21(22-23-24-25)28-20(16-9-5-2-6-10-16)19(27)15-7-3-1-4-8-15/h1-14,20,26H. The average molecular weight is 388 g/mol. The Bertz CT molecular complexity index is 1070. The van der Waals surface area contributed by atoms with Gasteiger partial charge in [-0.1, -0.05) is 72.4 Å². The van der Waals surface area contributed by atoms with Gasteiger partial charge in [0.2, 0.25) is 5.16 Å². The van der Waals surface area contributed by atoms with Gasteiger partial charge in [-0.25, -0.2) is 0 Å². The lowest BCUT2D eigenvalue weighted by Crippen LogP contribution is -2.11. The van der Waals surface area contributed by atoms with Crippen molar-refractivity contribution in [2.24, 2.45) is 0 Å². The van der Waals surface area contributed by atoms with E-state index in [1.165, 1.54) is 11.8 Å². The third kappa shape index (κ3) is 3.79. The van der Waals surface area contributed by atoms with Crippen molar-refractivity contribution in [2.75, 3.05) is 0 Å². The summed E-state index contributed by atoms with van der Waals surface area (Å²) in [6.07, 6.45) is 0. The monoisotopic (exact) mass is 388 g/mol. The van der Waals surface area contributed by atoms with Crippen LogP contribution in [0, 0.1) is 0 Å². The zero-order valence-corrected chi connectivity index (χ0v) is 15.5. The second kappa shape index (κ2) is 8.06. The van der Waals surface area contributed by atoms with Crippen LogP contribution in [0.3, 0.4) is 0 Å². The summed E-state index contributed by atoms with van der Waals surface area (Å²) in [6, 6.07) is 25.3. The first-order chi connectivity index (χ1) is 13.7. The van der Waals surface area contributed by atoms with Gasteiger partial charge >= 0.3 is 0 Å². The van der Waals surface area contributed by atoms with Crippen LogP contribution in [-0.2, 0) is 0 Å². The quantitative estimate of drug-likeness (QED) is 0.396. The fourth-order valence-electron chi connectivity index (χ4n) is 2.77. The normalized spacial score (nSPS) is 11.9. The molecule has 1 N–H and O–H groups in total. The van der Waals surface area contributed by atoms with Crippen molar-refractivity contribution < 1.29 is 9.90 Å². The van der Waals surface area contributed by atoms with Gasteiger partial charge in [0.05, 0.1) is 5.69 Å². The Morgan fingerprint density at radius 2 is 1.54 bits per heavy atom. The summed E-state index contributed by atoms with van der Waals surface area (Å²) in [5, 5.41) is 21.4. The van der Waals surface area contributed by atoms with E-state index >= 15 is 0 Å². The van der Waals surface area contributed by atoms with E-state index in [4.69, 9.17) is 0 Å². The molecule has 0 fully saturated rings. The number of rotatable bonds is 6. The largest absolute Gasteiger partial charge is 0.508 e. The third-order valence-electron chi connectivity index (χ3n) is 4.16. The topological polar surface area (TPSA) is 80.9 Å². The number of tetrazole rings is 1. The third-order valence-corrected chi connectivity index (χ3v) is 5.34. The van der Waals surface area contributed by atoms with E-state index in [1.807, 2.05) is 60.7 Å². The van der Waals surface area contributed by atoms with Gasteiger partial charge in [0.1, 0.15) is 11.0 Å². The van der Waals surface area contributed by atoms with Crippen LogP contribution in [0.1, 0.15) is 21.2 Å². The van der Waals surface area contributed by atoms with Crippen molar-refractivity contribution in [3.05, 3.63) is 96.1 Å². The number of carbonyl (C=O) groups excluding carboxylic acids is 1. The highest BCUT2D eigenvalue weighted by Crippen LogP contribution is 2.37. The fourth-order valence-corrected chi connectivity index (χ4v) is 3.84. The maximum atomic E-state index is 13.2. The van der Waals surface area contributed by atoms with Crippen LogP contribution in [0.15, 0.2) is 90.1 Å². The molecule has 0 saturated heterocycles. The van der Waals surface area contributed by atoms with Crippen LogP contribution in [0.4, 0.5) is 0 Å². The van der Waals surface area contributed by atoms with Crippen LogP contribution < -0.4 is 0 Å². The Balaban J connectivity index is 1.71. The van der Waals surface area contributed by atoms with Gasteiger partial charge in [-0.05, 0) is 40.3 Å². The summed E-state index contributed by atoms with van der Waals surface area (Å²) in [4.78, 5) is 13.2. The molecule has 0 amide bonds. The molecule has 4 aromatic rings. The summed E-state index contributed by atoms with van der Waals surface area (Å²) in [7, 11) is 0. The molecule has 7 heteroatoms. The number of hydrogen-bond donors (Lipinski definition) is 1. The molecule has 138 valence electrons. The molecule has 1 atom stereocenters. The number of nitrogens with zero attached hydrogens (tertiary/aromatic N) is 4. The Kier molecular flexibility index (Phi) is 5.16. The SMILES string of the molecule is O=C(c1ccccc1)C(Sc1nnnn1-c1ccc(O)cc1)c1ccccc1. The number of thioether (sulfide) groups is 1. The summed E-state index contributed by atoms with van der Waals surface area (Å²) in [5.74, 6) is 0.143. The number of aromatic hydroxyl groups is 1. The van der Waals surface area contributed by atoms with E-state index in [9.17, 15) is 9.90 Å². The Hall–Kier alpha value is -3.45. The van der Waals surface area contributed by atoms with E-state index in [0.29, 0.717) is 16.4 Å². The maximum Gasteiger partial charge on any atom is 0.215 e. The number of benzene rings is 3. The molecule has 4 rings (SSSR count). The lowest BCUT2D eigenvalue weighted by molar-refractivity contribution is 0.0989. The molecule has 0 aliphatic heterocycles. The van der Waals surface area contributed by atoms with Gasteiger partial charge in [0.15, 0.2) is 5.78 Å². The fraction of sp³-hybridized carbons (Fsp3) is 0.0476. The lowest BCUT2D eigenvalue weighted by atomic mass is 10.0. The van der Waals surface area contributed by atoms with E-state index in [2.05, 4.69) is 15.5 Å². The second-order valence-corrected chi connectivity index (χ2v) is 7.10. The minimum absolute atomic E-state index is 0.0166. The summed E-state index contributed by atoms with van der Waals surface area (Å²) in [5.41, 5.74) is 2.21. The highest BCUT2D eigenvalue weighted by Gasteiger charge is 2.26. The Labute approximate surface area is 165 Å². The zero-order chi connectivity index (χ0) is 19.3. The Morgan fingerprint density at radius 3 is 2.21 bits per heavy atom. The van der Waals surface area contributed by atoms with Gasteiger partial charge in [0, 0.05) is 5.56 Å². The molecule has 1 unspecified atom stereocenters. The first-order valence-electron chi connectivity index (χ1n) is 8.61. The number of Topliss-reactive ketones (excluding diaryl/α,β-unsaturated/α-hetero) is 1. The van der Waals surface area contributed by atoms with Crippen LogP contribution in [0.5, 0.6) is 5.75 Å². The van der Waals surface area contributed by atoms with E-state index in [0.717, 1.165) is 5.56 Å². The molecular formula is C21H16N4O2S. The maximum absolute atomic E-state index is 13.2. The van der Waals surface area contributed by atoms with E-state index < -0.39 is 5.25 Å². The minimum atomic E-state index is -0.495. The number of aromatic nitrogens is 4. The van der Waals surface area contributed by atoms with Crippen molar-refractivity contribution in [1.29, 1.82) is 0 Å². The molecule has 28 heavy (non-hydrogen) atoms. The van der Waals surface area contributed by atoms with Gasteiger partial charge in [-0.3, -0.25) is 4.79 Å². The van der Waals surface area contributed by atoms with Gasteiger partial charge in [-0.2, -0.15) is 4.68 Å². The lowest BCUT2D eigenvalue weighted by Gasteiger charge is -2.15. The molecule has 1 heterocycles. The summed E-state index contributed by atoms with van der Waals surface area (Å²) in [6.45, 7) is 0. The molecule has 6 nitrogen and oxygen atoms in total. The van der Waals surface area contributed by atoms with Gasteiger partial charge < -0.3 is 5.11 Å². The molecular weight excluding hydrogens is 372 g/mol. The highest BCUT2D eigenvalue weighted by atomic mass is 32.2. The zero-order valence-electron chi connectivity index (χ0n) is 14.7. The predicted octanol–water partition coefficient (Wildman–Crippen LogP) is 4.08. The summed E-state index contributed by atoms with van der Waals surface area (Å²) < 4.78 is 1.55. The van der Waals surface area contributed by atoms with E-state index in [1.54, 1.807) is 28.9 Å². The van der Waals surface area contributed by atoms with E-state index in [-0.39, 0.29) is 11.5 Å². The number of phenolic OH excluding ortho intramolecular Hbond substituents is 1. The van der Waals surface area contributed by atoms with Gasteiger partial charge in [0.25, 0.3) is 0 Å². The molecule has 0 saturated carbocycles. The molecule has 3 aromatic carbocycles. The average Bonchev–Trinajstić information content (AvgIpc) is 3.21. The highest BCUT2D eigenvalue weighted by molar-refractivity contribution is 8.00. The number of phenols is 1. The molecule has 0 bridgehead atoms. The van der Waals surface area contributed by atoms with Crippen LogP contribution >= 0.6 is 11.8 Å². The van der Waals surface area contributed by atoms with Crippen molar-refractivity contribution in [2.45, 2.75) is 10.4 Å². The number of hydrogen-bond acceptors (Lipinski definition) is 6. The Morgan fingerprint density at radius 1 is 0.893 bits per heavy atom. The van der Waals surface area contributed by atoms with Crippen LogP contribution in [-0.4, -0.2) is 31.1 Å². The number of carbonyl (C=O) groups is 1. The van der Waals surface area contributed by atoms with Gasteiger partial charge in [-0.15, -0.1) is 5.10 Å². The smallest absolute Gasteiger partial charge is 0.215 e. The second-order valence-electron chi connectivity index (χ2n) is 6.03. The molecule has 0 aliphatic rings. The van der Waals surface area contributed by atoms with Crippen molar-refractivity contribution in [3.8, 4) is 11.4 Å². The van der Waals surface area contributed by atoms with Crippen LogP contribution in [0.25, 0.3) is 5.69 Å². The summed E-state index contributed by atoms with van der Waals surface area (Å²) >= 11 is 1.29.